The van der Waals surface area contributed by atoms with Gasteiger partial charge in [-0.3, -0.25) is 35.5 Å². The molecule has 0 aromatic carbocycles. The Morgan fingerprint density at radius 2 is 0.418 bits per heavy atom. The van der Waals surface area contributed by atoms with Crippen LogP contribution >= 0.6 is 62.6 Å². The predicted octanol–water partition coefficient (Wildman–Crippen LogP) is 4.28. The van der Waals surface area contributed by atoms with Crippen LogP contribution < -0.4 is 58.7 Å². The van der Waals surface area contributed by atoms with Crippen LogP contribution in [-0.4, -0.2) is 26.4 Å². The third-order valence-corrected chi connectivity index (χ3v) is 16.1. The minimum absolute atomic E-state index is 0. The van der Waals surface area contributed by atoms with E-state index in [9.17, 15) is 95.2 Å². The molecule has 0 spiro atoms. The van der Waals surface area contributed by atoms with Crippen molar-refractivity contribution in [3.63, 3.8) is 0 Å². The Morgan fingerprint density at radius 1 is 0.278 bits per heavy atom. The Bertz CT molecular complexity index is 2060. The minimum Gasteiger partial charge on any atom is -0.790 e. The first-order chi connectivity index (χ1) is 34.1. The second kappa shape index (κ2) is 45.3. The molecule has 0 aliphatic rings. The van der Waals surface area contributed by atoms with Crippen LogP contribution in [0.5, 0.6) is 0 Å². The average molecular weight is 1280 g/mol. The molecular weight excluding hydrogens is 1210 g/mol. The Kier molecular flexibility index (Phi) is 52.6. The monoisotopic (exact) mass is 1280 g/mol. The molecule has 36 heteroatoms. The molecule has 0 saturated heterocycles. The van der Waals surface area contributed by atoms with Crippen LogP contribution in [0.15, 0.2) is 93.2 Å². The maximum atomic E-state index is 10.9. The first-order valence-corrected chi connectivity index (χ1v) is 33.7. The van der Waals surface area contributed by atoms with E-state index in [1.54, 1.807) is 27.7 Å². The van der Waals surface area contributed by atoms with Crippen molar-refractivity contribution in [1.82, 2.24) is 0 Å². The topological polar surface area (TPSA) is 487 Å². The summed E-state index contributed by atoms with van der Waals surface area (Å²) >= 11 is 0. The van der Waals surface area contributed by atoms with Gasteiger partial charge in [-0.2, -0.15) is 0 Å². The largest absolute Gasteiger partial charge is 4.00 e. The van der Waals surface area contributed by atoms with E-state index in [2.05, 4.69) is 35.3 Å². The average Bonchev–Trinajstić information content (AvgIpc) is 3.14. The summed E-state index contributed by atoms with van der Waals surface area (Å²) in [5.74, 6) is 0. The van der Waals surface area contributed by atoms with E-state index in [1.165, 1.54) is 46.6 Å². The van der Waals surface area contributed by atoms with Crippen LogP contribution in [0, 0.1) is 22.3 Å². The number of allylic oxidation sites excluding steroid dienone is 12. The van der Waals surface area contributed by atoms with Crippen LogP contribution in [0.2, 0.25) is 0 Å². The smallest absolute Gasteiger partial charge is 0.790 e. The van der Waals surface area contributed by atoms with Crippen molar-refractivity contribution in [2.45, 2.75) is 134 Å². The zero-order valence-electron chi connectivity index (χ0n) is 45.6. The summed E-state index contributed by atoms with van der Waals surface area (Å²) in [5.41, 5.74) is 8.25. The van der Waals surface area contributed by atoms with Crippen molar-refractivity contribution in [2.24, 2.45) is 0 Å². The minimum atomic E-state index is -5.61. The maximum Gasteiger partial charge on any atom is 4.00 e. The van der Waals surface area contributed by atoms with E-state index in [4.69, 9.17) is 0 Å². The summed E-state index contributed by atoms with van der Waals surface area (Å²) in [5, 5.41) is 0. The van der Waals surface area contributed by atoms with E-state index in [1.807, 2.05) is 79.7 Å². The predicted molar refractivity (Wildman–Crippen MR) is 268 cm³/mol. The van der Waals surface area contributed by atoms with Gasteiger partial charge in [0.05, 0.1) is 57.7 Å². The molecule has 0 aliphatic carbocycles. The molecule has 0 saturated carbocycles. The van der Waals surface area contributed by atoms with Gasteiger partial charge in [0.25, 0.3) is 31.3 Å². The fourth-order valence-electron chi connectivity index (χ4n) is 4.43. The normalized spacial score (nSPS) is 15.4. The van der Waals surface area contributed by atoms with E-state index in [0.29, 0.717) is 0 Å². The Morgan fingerprint density at radius 3 is 0.532 bits per heavy atom. The van der Waals surface area contributed by atoms with E-state index in [0.717, 1.165) is 73.7 Å². The third-order valence-electron chi connectivity index (χ3n) is 7.82. The van der Waals surface area contributed by atoms with Gasteiger partial charge in [-0.25, -0.2) is 0 Å². The van der Waals surface area contributed by atoms with Gasteiger partial charge in [-0.1, -0.05) is 93.2 Å². The van der Waals surface area contributed by atoms with Gasteiger partial charge in [-0.05, 0) is 134 Å². The second-order valence-electron chi connectivity index (χ2n) is 16.6. The fraction of sp³-hybridized carbons (Fsp3) is 0.558. The molecular formula is C43H68O28P8. The molecule has 0 aromatic heterocycles. The number of hydrogen-bond acceptors (Lipinski definition) is 28. The molecule has 448 valence electrons. The molecule has 79 heavy (non-hydrogen) atoms. The van der Waals surface area contributed by atoms with Gasteiger partial charge < -0.3 is 95.1 Å². The van der Waals surface area contributed by atoms with E-state index in [-0.39, 0.29) is 48.7 Å². The Balaban J connectivity index is -0.000000173. The summed E-state index contributed by atoms with van der Waals surface area (Å²) in [6.07, 6.45) is 20.2. The van der Waals surface area contributed by atoms with Gasteiger partial charge in [-0.15, -0.1) is 0 Å². The van der Waals surface area contributed by atoms with Crippen molar-refractivity contribution < 1.29 is 131 Å². The molecule has 0 aromatic rings. The van der Waals surface area contributed by atoms with Crippen LogP contribution in [0.1, 0.15) is 134 Å². The number of hydrogen-bond donors (Lipinski definition) is 0. The first kappa shape index (κ1) is 91.7. The quantitative estimate of drug-likeness (QED) is 0.0669. The second-order valence-corrected chi connectivity index (χ2v) is 27.4. The molecule has 4 unspecified atom stereocenters. The molecule has 0 rings (SSSR count). The molecule has 0 bridgehead atoms. The molecule has 0 radical (unpaired) electrons. The van der Waals surface area contributed by atoms with Crippen molar-refractivity contribution >= 4 is 62.6 Å². The van der Waals surface area contributed by atoms with Gasteiger partial charge in [0.2, 0.25) is 0 Å². The van der Waals surface area contributed by atoms with Crippen LogP contribution in [0.25, 0.3) is 0 Å². The van der Waals surface area contributed by atoms with Gasteiger partial charge in [0, 0.05) is 0 Å². The van der Waals surface area contributed by atoms with Crippen molar-refractivity contribution in [1.29, 1.82) is 0 Å². The summed E-state index contributed by atoms with van der Waals surface area (Å²) < 4.78 is 114. The SMILES string of the molecule is CC(C)=CCC/C(C)=C/COP(=O)([O-])OP(=O)([O-])[O-].CC(C)=CCC/C(C)=C/COP(=O)([O-])OP(=O)([O-])[O-].CC(C)=CCC/C(C)=C/COP(=O)([O-])OP(=O)([O-])[O-].CC(C)=CCC/C(C)=C/COP(=O)([O-])OP(=O)([O-])[O-].[C+4].[C+4].[C+4]. The molecule has 0 fully saturated rings. The summed E-state index contributed by atoms with van der Waals surface area (Å²) in [7, 11) is -42.9. The molecule has 0 aliphatic heterocycles. The zero-order valence-corrected chi connectivity index (χ0v) is 52.8. The van der Waals surface area contributed by atoms with Crippen molar-refractivity contribution in [3.05, 3.63) is 115 Å². The number of phosphoric acid groups is 8. The Hall–Kier alpha value is -1.04. The van der Waals surface area contributed by atoms with Crippen molar-refractivity contribution in [3.8, 4) is 0 Å². The molecule has 28 nitrogen and oxygen atoms in total. The molecule has 0 heterocycles. The third kappa shape index (κ3) is 77.0. The fourth-order valence-corrected chi connectivity index (χ4v) is 10.1. The number of phosphoric ester groups is 4. The van der Waals surface area contributed by atoms with Crippen LogP contribution in [0.3, 0.4) is 0 Å². The summed E-state index contributed by atoms with van der Waals surface area (Å²) in [6, 6.07) is 0. The first-order valence-electron chi connectivity index (χ1n) is 22.0. The number of rotatable bonds is 32. The summed E-state index contributed by atoms with van der Waals surface area (Å²) in [4.78, 5) is 125. The van der Waals surface area contributed by atoms with E-state index >= 15 is 0 Å². The molecule has 0 amide bonds. The van der Waals surface area contributed by atoms with Crippen molar-refractivity contribution in [2.75, 3.05) is 26.4 Å². The van der Waals surface area contributed by atoms with Crippen LogP contribution in [0.4, 0.5) is 0 Å². The van der Waals surface area contributed by atoms with Crippen LogP contribution in [-0.2, 0) is 71.9 Å². The molecule has 4 atom stereocenters. The Labute approximate surface area is 467 Å². The van der Waals surface area contributed by atoms with Gasteiger partial charge >= 0.3 is 22.3 Å². The van der Waals surface area contributed by atoms with Gasteiger partial charge in [0.1, 0.15) is 0 Å². The van der Waals surface area contributed by atoms with E-state index < -0.39 is 62.6 Å². The zero-order chi connectivity index (χ0) is 60.4. The molecule has 0 N–H and O–H groups in total. The summed E-state index contributed by atoms with van der Waals surface area (Å²) in [6.45, 7) is 21.4. The standard InChI is InChI=1S/4C10H20O7P2.3C/c4*1-9(2)5-4-6-10(3)7-8-16-19(14,15)17-18(11,12)13;;;/h4*5,7H,4,6,8H2,1-3H3,(H,14,15)(H2,11,12,13);;;/q;;;;3*+4/p-12/b4*10-7+;;;. The van der Waals surface area contributed by atoms with Gasteiger partial charge in [0.15, 0.2) is 0 Å². The maximum absolute atomic E-state index is 10.9.